The summed E-state index contributed by atoms with van der Waals surface area (Å²) in [7, 11) is 0. The van der Waals surface area contributed by atoms with Crippen LogP contribution in [-0.4, -0.2) is 24.6 Å². The molecule has 2 atom stereocenters. The molecule has 0 bridgehead atoms. The summed E-state index contributed by atoms with van der Waals surface area (Å²) in [6, 6.07) is 0. The average molecular weight is 240 g/mol. The normalized spacial score (nSPS) is 23.2. The average Bonchev–Trinajstić information content (AvgIpc) is 2.29. The van der Waals surface area contributed by atoms with E-state index in [1.807, 2.05) is 13.0 Å². The molecule has 1 rings (SSSR count). The summed E-state index contributed by atoms with van der Waals surface area (Å²) in [5, 5.41) is 0. The Balaban J connectivity index is 2.50. The summed E-state index contributed by atoms with van der Waals surface area (Å²) in [5.41, 5.74) is 0. The van der Waals surface area contributed by atoms with Gasteiger partial charge in [0.2, 0.25) is 0 Å². The summed E-state index contributed by atoms with van der Waals surface area (Å²) >= 11 is 0. The number of hydrogen-bond acceptors (Lipinski definition) is 4. The van der Waals surface area contributed by atoms with Crippen molar-refractivity contribution in [1.29, 1.82) is 0 Å². The first-order chi connectivity index (χ1) is 8.15. The molecule has 4 heteroatoms. The molecule has 1 aliphatic carbocycles. The van der Waals surface area contributed by atoms with Crippen LogP contribution in [0.15, 0.2) is 12.2 Å². The van der Waals surface area contributed by atoms with Crippen molar-refractivity contribution in [3.63, 3.8) is 0 Å². The van der Waals surface area contributed by atoms with E-state index >= 15 is 0 Å². The number of hydrogen-bond donors (Lipinski definition) is 0. The Morgan fingerprint density at radius 2 is 2.18 bits per heavy atom. The Hall–Kier alpha value is -1.32. The molecule has 0 fully saturated rings. The smallest absolute Gasteiger partial charge is 0.313 e. The first-order valence-electron chi connectivity index (χ1n) is 6.15. The number of unbranched alkanes of at least 4 members (excludes halogenated alkanes) is 1. The van der Waals surface area contributed by atoms with E-state index in [9.17, 15) is 9.59 Å². The van der Waals surface area contributed by atoms with Crippen molar-refractivity contribution in [3.05, 3.63) is 12.2 Å². The Morgan fingerprint density at radius 1 is 1.41 bits per heavy atom. The lowest BCUT2D eigenvalue weighted by molar-refractivity contribution is -0.158. The van der Waals surface area contributed by atoms with Crippen molar-refractivity contribution in [3.8, 4) is 0 Å². The quantitative estimate of drug-likeness (QED) is 0.420. The van der Waals surface area contributed by atoms with Crippen LogP contribution in [0.5, 0.6) is 0 Å². The standard InChI is InChI=1S/C13H20O4/c1-3-4-9-16-13(15)11-7-5-6-8-12(11)17-10(2)14/h6,8,11-12H,3-5,7,9H2,1-2H3. The molecule has 0 spiro atoms. The van der Waals surface area contributed by atoms with Crippen molar-refractivity contribution >= 4 is 11.9 Å². The molecular weight excluding hydrogens is 220 g/mol. The summed E-state index contributed by atoms with van der Waals surface area (Å²) in [4.78, 5) is 22.7. The third kappa shape index (κ3) is 4.59. The van der Waals surface area contributed by atoms with E-state index < -0.39 is 6.10 Å². The van der Waals surface area contributed by atoms with Gasteiger partial charge < -0.3 is 9.47 Å². The lowest BCUT2D eigenvalue weighted by atomic mass is 9.91. The molecule has 0 aromatic rings. The van der Waals surface area contributed by atoms with Gasteiger partial charge >= 0.3 is 11.9 Å². The monoisotopic (exact) mass is 240 g/mol. The van der Waals surface area contributed by atoms with Crippen molar-refractivity contribution in [2.45, 2.75) is 45.6 Å². The van der Waals surface area contributed by atoms with E-state index in [4.69, 9.17) is 9.47 Å². The maximum atomic E-state index is 11.8. The molecule has 2 unspecified atom stereocenters. The Morgan fingerprint density at radius 3 is 2.82 bits per heavy atom. The fraction of sp³-hybridized carbons (Fsp3) is 0.692. The molecule has 0 amide bonds. The molecule has 0 radical (unpaired) electrons. The van der Waals surface area contributed by atoms with Crippen molar-refractivity contribution in [2.75, 3.05) is 6.61 Å². The Labute approximate surface area is 102 Å². The van der Waals surface area contributed by atoms with E-state index in [1.165, 1.54) is 6.92 Å². The van der Waals surface area contributed by atoms with Crippen LogP contribution >= 0.6 is 0 Å². The van der Waals surface area contributed by atoms with Gasteiger partial charge in [-0.25, -0.2) is 0 Å². The lowest BCUT2D eigenvalue weighted by Gasteiger charge is -2.25. The molecule has 0 aromatic carbocycles. The van der Waals surface area contributed by atoms with Gasteiger partial charge in [0.25, 0.3) is 0 Å². The van der Waals surface area contributed by atoms with Gasteiger partial charge in [0, 0.05) is 6.92 Å². The third-order valence-corrected chi connectivity index (χ3v) is 2.71. The van der Waals surface area contributed by atoms with Crippen molar-refractivity contribution in [2.24, 2.45) is 5.92 Å². The van der Waals surface area contributed by atoms with Crippen LogP contribution in [0.25, 0.3) is 0 Å². The van der Waals surface area contributed by atoms with E-state index in [0.717, 1.165) is 19.3 Å². The van der Waals surface area contributed by atoms with E-state index in [0.29, 0.717) is 13.0 Å². The molecule has 4 nitrogen and oxygen atoms in total. The molecule has 0 N–H and O–H groups in total. The van der Waals surface area contributed by atoms with Gasteiger partial charge in [0.1, 0.15) is 6.10 Å². The topological polar surface area (TPSA) is 52.6 Å². The first kappa shape index (κ1) is 13.7. The number of esters is 2. The zero-order valence-corrected chi connectivity index (χ0v) is 10.5. The highest BCUT2D eigenvalue weighted by molar-refractivity contribution is 5.75. The Bertz CT molecular complexity index is 296. The third-order valence-electron chi connectivity index (χ3n) is 2.71. The second kappa shape index (κ2) is 7.09. The summed E-state index contributed by atoms with van der Waals surface area (Å²) in [5.74, 6) is -0.970. The van der Waals surface area contributed by atoms with Gasteiger partial charge in [-0.3, -0.25) is 9.59 Å². The maximum absolute atomic E-state index is 11.8. The Kier molecular flexibility index (Phi) is 5.73. The minimum atomic E-state index is -0.463. The molecule has 0 heterocycles. The van der Waals surface area contributed by atoms with Crippen LogP contribution in [-0.2, 0) is 19.1 Å². The van der Waals surface area contributed by atoms with Crippen molar-refractivity contribution < 1.29 is 19.1 Å². The van der Waals surface area contributed by atoms with E-state index in [2.05, 4.69) is 0 Å². The molecular formula is C13H20O4. The number of carbonyl (C=O) groups is 2. The molecule has 0 aromatic heterocycles. The van der Waals surface area contributed by atoms with Gasteiger partial charge in [-0.2, -0.15) is 0 Å². The van der Waals surface area contributed by atoms with Crippen LogP contribution in [0.3, 0.4) is 0 Å². The molecule has 0 saturated heterocycles. The second-order valence-electron chi connectivity index (χ2n) is 4.21. The summed E-state index contributed by atoms with van der Waals surface area (Å²) < 4.78 is 10.3. The summed E-state index contributed by atoms with van der Waals surface area (Å²) in [6.07, 6.45) is 6.61. The minimum Gasteiger partial charge on any atom is -0.465 e. The molecule has 96 valence electrons. The van der Waals surface area contributed by atoms with Gasteiger partial charge in [0.05, 0.1) is 12.5 Å². The molecule has 1 aliphatic rings. The van der Waals surface area contributed by atoms with Crippen LogP contribution in [0.2, 0.25) is 0 Å². The van der Waals surface area contributed by atoms with Crippen LogP contribution < -0.4 is 0 Å². The lowest BCUT2D eigenvalue weighted by Crippen LogP contribution is -2.33. The van der Waals surface area contributed by atoms with Crippen LogP contribution in [0.4, 0.5) is 0 Å². The number of ether oxygens (including phenoxy) is 2. The highest BCUT2D eigenvalue weighted by atomic mass is 16.6. The number of rotatable bonds is 5. The second-order valence-corrected chi connectivity index (χ2v) is 4.21. The molecule has 0 aliphatic heterocycles. The number of allylic oxidation sites excluding steroid dienone is 1. The predicted molar refractivity (Wildman–Crippen MR) is 63.3 cm³/mol. The van der Waals surface area contributed by atoms with E-state index in [-0.39, 0.29) is 17.9 Å². The van der Waals surface area contributed by atoms with Gasteiger partial charge in [-0.05, 0) is 25.3 Å². The molecule has 0 saturated carbocycles. The number of carbonyl (C=O) groups excluding carboxylic acids is 2. The van der Waals surface area contributed by atoms with Gasteiger partial charge in [-0.1, -0.05) is 19.4 Å². The maximum Gasteiger partial charge on any atom is 0.313 e. The van der Waals surface area contributed by atoms with Crippen LogP contribution in [0.1, 0.15) is 39.5 Å². The van der Waals surface area contributed by atoms with E-state index in [1.54, 1.807) is 6.08 Å². The van der Waals surface area contributed by atoms with Crippen LogP contribution in [0, 0.1) is 5.92 Å². The fourth-order valence-electron chi connectivity index (χ4n) is 1.79. The highest BCUT2D eigenvalue weighted by Crippen LogP contribution is 2.23. The summed E-state index contributed by atoms with van der Waals surface area (Å²) in [6.45, 7) is 3.84. The SMILES string of the molecule is CCCCOC(=O)C1CCC=CC1OC(C)=O. The van der Waals surface area contributed by atoms with Gasteiger partial charge in [0.15, 0.2) is 0 Å². The van der Waals surface area contributed by atoms with Gasteiger partial charge in [-0.15, -0.1) is 0 Å². The zero-order valence-electron chi connectivity index (χ0n) is 10.5. The van der Waals surface area contributed by atoms with Crippen molar-refractivity contribution in [1.82, 2.24) is 0 Å². The minimum absolute atomic E-state index is 0.256. The molecule has 17 heavy (non-hydrogen) atoms. The zero-order chi connectivity index (χ0) is 12.7. The predicted octanol–water partition coefficient (Wildman–Crippen LogP) is 2.23. The largest absolute Gasteiger partial charge is 0.465 e. The fourth-order valence-corrected chi connectivity index (χ4v) is 1.79. The first-order valence-corrected chi connectivity index (χ1v) is 6.15. The highest BCUT2D eigenvalue weighted by Gasteiger charge is 2.31.